The number of hydrogen-bond donors (Lipinski definition) is 3. The van der Waals surface area contributed by atoms with Crippen molar-refractivity contribution in [3.8, 4) is 0 Å². The summed E-state index contributed by atoms with van der Waals surface area (Å²) in [7, 11) is 0. The molecule has 1 rings (SSSR count). The molecule has 0 unspecified atom stereocenters. The zero-order chi connectivity index (χ0) is 41.4. The number of ether oxygens (including phenoxy) is 5. The third-order valence-electron chi connectivity index (χ3n) is 8.23. The second-order valence-corrected chi connectivity index (χ2v) is 14.6. The second-order valence-electron chi connectivity index (χ2n) is 14.6. The molecule has 0 radical (unpaired) electrons. The summed E-state index contributed by atoms with van der Waals surface area (Å²) in [6.45, 7) is 8.28. The van der Waals surface area contributed by atoms with Gasteiger partial charge in [0.05, 0.1) is 39.6 Å². The number of nitrogens with zero attached hydrogens (tertiary/aromatic N) is 1. The molecule has 17 nitrogen and oxygen atoms in total. The average Bonchev–Trinajstić information content (AvgIpc) is 3.45. The van der Waals surface area contributed by atoms with Crippen molar-refractivity contribution in [2.24, 2.45) is 0 Å². The standard InChI is InChI=1S/C39H68N4O13/c1-5-6-7-8-9-10-11-12-13-14-15-16-33(45)42-31(38(50)55-39(2,3)4)17-18-32(44)40-21-23-51-25-27-53-29-34(46)41-22-24-52-26-28-54-30-37(49)56-43-35(47)19-20-36(43)48/h31H,5-30H2,1-4H3,(H,40,44)(H,41,46)(H,42,45)/t31-/m0/s1. The maximum Gasteiger partial charge on any atom is 0.358 e. The number of hydroxylamine groups is 2. The topological polar surface area (TPSA) is 214 Å². The number of carbonyl (C=O) groups excluding carboxylic acids is 7. The highest BCUT2D eigenvalue weighted by Crippen LogP contribution is 2.14. The van der Waals surface area contributed by atoms with E-state index in [9.17, 15) is 33.6 Å². The van der Waals surface area contributed by atoms with Gasteiger partial charge in [0.25, 0.3) is 11.8 Å². The van der Waals surface area contributed by atoms with Crippen LogP contribution in [-0.2, 0) is 62.1 Å². The van der Waals surface area contributed by atoms with Crippen molar-refractivity contribution in [3.05, 3.63) is 0 Å². The Labute approximate surface area is 332 Å². The average molecular weight is 801 g/mol. The first kappa shape index (κ1) is 50.3. The van der Waals surface area contributed by atoms with E-state index in [0.717, 1.165) is 19.3 Å². The second kappa shape index (κ2) is 31.4. The van der Waals surface area contributed by atoms with E-state index in [2.05, 4.69) is 27.7 Å². The number of amides is 5. The molecular weight excluding hydrogens is 732 g/mol. The van der Waals surface area contributed by atoms with Gasteiger partial charge < -0.3 is 44.5 Å². The van der Waals surface area contributed by atoms with Crippen molar-refractivity contribution in [1.82, 2.24) is 21.0 Å². The van der Waals surface area contributed by atoms with Crippen LogP contribution < -0.4 is 16.0 Å². The van der Waals surface area contributed by atoms with E-state index in [1.165, 1.54) is 51.4 Å². The number of esters is 1. The van der Waals surface area contributed by atoms with Gasteiger partial charge in [0.2, 0.25) is 17.7 Å². The Morgan fingerprint density at radius 2 is 1.12 bits per heavy atom. The van der Waals surface area contributed by atoms with Gasteiger partial charge in [-0.15, -0.1) is 5.06 Å². The van der Waals surface area contributed by atoms with Gasteiger partial charge in [-0.3, -0.25) is 24.0 Å². The molecule has 5 amide bonds. The summed E-state index contributed by atoms with van der Waals surface area (Å²) in [5.41, 5.74) is -0.734. The summed E-state index contributed by atoms with van der Waals surface area (Å²) in [6.07, 6.45) is 13.4. The first-order valence-corrected chi connectivity index (χ1v) is 20.3. The molecule has 0 aromatic heterocycles. The highest BCUT2D eigenvalue weighted by atomic mass is 16.7. The molecule has 1 fully saturated rings. The summed E-state index contributed by atoms with van der Waals surface area (Å²) < 4.78 is 26.6. The highest BCUT2D eigenvalue weighted by Gasteiger charge is 2.33. The van der Waals surface area contributed by atoms with Crippen LogP contribution in [0.5, 0.6) is 0 Å². The molecule has 56 heavy (non-hydrogen) atoms. The van der Waals surface area contributed by atoms with Crippen molar-refractivity contribution in [2.75, 3.05) is 65.9 Å². The van der Waals surface area contributed by atoms with Gasteiger partial charge in [-0.2, -0.15) is 0 Å². The molecule has 17 heteroatoms. The van der Waals surface area contributed by atoms with Crippen molar-refractivity contribution in [1.29, 1.82) is 0 Å². The van der Waals surface area contributed by atoms with E-state index in [-0.39, 0.29) is 103 Å². The SMILES string of the molecule is CCCCCCCCCCCCCC(=O)N[C@@H](CCC(=O)NCCOCCOCC(=O)NCCOCCOCC(=O)ON1C(=O)CCC1=O)C(=O)OC(C)(C)C. The maximum absolute atomic E-state index is 12.8. The molecular formula is C39H68N4O13. The Hall–Kier alpha value is -3.67. The lowest BCUT2D eigenvalue weighted by atomic mass is 10.0. The lowest BCUT2D eigenvalue weighted by Gasteiger charge is -2.24. The zero-order valence-electron chi connectivity index (χ0n) is 34.2. The summed E-state index contributed by atoms with van der Waals surface area (Å²) >= 11 is 0. The van der Waals surface area contributed by atoms with Crippen molar-refractivity contribution >= 4 is 41.5 Å². The van der Waals surface area contributed by atoms with Crippen LogP contribution in [0.25, 0.3) is 0 Å². The van der Waals surface area contributed by atoms with Gasteiger partial charge in [0.15, 0.2) is 0 Å². The Bertz CT molecular complexity index is 1160. The zero-order valence-corrected chi connectivity index (χ0v) is 34.2. The predicted molar refractivity (Wildman–Crippen MR) is 205 cm³/mol. The Morgan fingerprint density at radius 3 is 1.68 bits per heavy atom. The molecule has 0 aliphatic carbocycles. The Kier molecular flexibility index (Phi) is 28.2. The summed E-state index contributed by atoms with van der Waals surface area (Å²) in [5.74, 6) is -3.44. The van der Waals surface area contributed by atoms with Gasteiger partial charge in [-0.05, 0) is 33.6 Å². The van der Waals surface area contributed by atoms with Crippen LogP contribution in [-0.4, -0.2) is 124 Å². The summed E-state index contributed by atoms with van der Waals surface area (Å²) in [4.78, 5) is 89.0. The molecule has 1 saturated heterocycles. The first-order valence-electron chi connectivity index (χ1n) is 20.3. The monoisotopic (exact) mass is 800 g/mol. The Balaban J connectivity index is 2.08. The van der Waals surface area contributed by atoms with Crippen LogP contribution in [0.3, 0.4) is 0 Å². The number of carbonyl (C=O) groups is 7. The van der Waals surface area contributed by atoms with Gasteiger partial charge in [0, 0.05) is 38.8 Å². The molecule has 1 atom stereocenters. The Morgan fingerprint density at radius 1 is 0.625 bits per heavy atom. The molecule has 1 aliphatic heterocycles. The van der Waals surface area contributed by atoms with Crippen molar-refractivity contribution in [2.45, 2.75) is 142 Å². The third-order valence-corrected chi connectivity index (χ3v) is 8.23. The van der Waals surface area contributed by atoms with Gasteiger partial charge in [-0.1, -0.05) is 71.1 Å². The van der Waals surface area contributed by atoms with E-state index >= 15 is 0 Å². The van der Waals surface area contributed by atoms with Crippen molar-refractivity contribution in [3.63, 3.8) is 0 Å². The van der Waals surface area contributed by atoms with E-state index in [4.69, 9.17) is 23.7 Å². The summed E-state index contributed by atoms with van der Waals surface area (Å²) in [6, 6.07) is -0.924. The number of hydrogen-bond acceptors (Lipinski definition) is 13. The lowest BCUT2D eigenvalue weighted by molar-refractivity contribution is -0.200. The molecule has 0 spiro atoms. The molecule has 0 bridgehead atoms. The minimum Gasteiger partial charge on any atom is -0.458 e. The summed E-state index contributed by atoms with van der Waals surface area (Å²) in [5, 5.41) is 8.57. The fraction of sp³-hybridized carbons (Fsp3) is 0.821. The van der Waals surface area contributed by atoms with Crippen LogP contribution >= 0.6 is 0 Å². The molecule has 1 heterocycles. The van der Waals surface area contributed by atoms with E-state index in [1.54, 1.807) is 20.8 Å². The maximum atomic E-state index is 12.8. The van der Waals surface area contributed by atoms with Crippen LogP contribution in [0.15, 0.2) is 0 Å². The number of unbranched alkanes of at least 4 members (excludes halogenated alkanes) is 10. The molecule has 1 aliphatic rings. The molecule has 0 saturated carbocycles. The third kappa shape index (κ3) is 27.8. The largest absolute Gasteiger partial charge is 0.458 e. The van der Waals surface area contributed by atoms with E-state index < -0.39 is 42.0 Å². The fourth-order valence-electron chi connectivity index (χ4n) is 5.32. The van der Waals surface area contributed by atoms with Gasteiger partial charge >= 0.3 is 11.9 Å². The molecule has 0 aromatic rings. The van der Waals surface area contributed by atoms with Crippen LogP contribution in [0.4, 0.5) is 0 Å². The highest BCUT2D eigenvalue weighted by molar-refractivity contribution is 6.01. The molecule has 322 valence electrons. The quantitative estimate of drug-likeness (QED) is 0.0485. The number of rotatable bonds is 34. The first-order chi connectivity index (χ1) is 26.8. The van der Waals surface area contributed by atoms with E-state index in [1.807, 2.05) is 0 Å². The minimum atomic E-state index is -0.924. The van der Waals surface area contributed by atoms with Gasteiger partial charge in [-0.25, -0.2) is 9.59 Å². The number of nitrogens with one attached hydrogen (secondary N) is 3. The minimum absolute atomic E-state index is 0.00830. The number of imide groups is 1. The smallest absolute Gasteiger partial charge is 0.358 e. The van der Waals surface area contributed by atoms with Crippen LogP contribution in [0.1, 0.15) is 130 Å². The normalized spacial score (nSPS) is 13.4. The lowest BCUT2D eigenvalue weighted by Crippen LogP contribution is -2.44. The molecule has 3 N–H and O–H groups in total. The van der Waals surface area contributed by atoms with Gasteiger partial charge in [0.1, 0.15) is 24.9 Å². The van der Waals surface area contributed by atoms with E-state index in [0.29, 0.717) is 11.5 Å². The molecule has 0 aromatic carbocycles. The van der Waals surface area contributed by atoms with Crippen molar-refractivity contribution < 1.29 is 62.1 Å². The van der Waals surface area contributed by atoms with Crippen LogP contribution in [0.2, 0.25) is 0 Å². The van der Waals surface area contributed by atoms with Crippen LogP contribution in [0, 0.1) is 0 Å². The fourth-order valence-corrected chi connectivity index (χ4v) is 5.32. The predicted octanol–water partition coefficient (Wildman–Crippen LogP) is 3.20.